The standard InChI is InChI=1S/C6H3F4NO4S/c7-6(8,9)15-4-1-2-5(11(10)3-4)16(12,13)14/h1-3H/p+1. The van der Waals surface area contributed by atoms with Crippen molar-refractivity contribution in [2.45, 2.75) is 11.4 Å². The Balaban J connectivity index is 3.10. The summed E-state index contributed by atoms with van der Waals surface area (Å²) in [7, 11) is -4.84. The van der Waals surface area contributed by atoms with Crippen LogP contribution in [0.4, 0.5) is 17.7 Å². The Morgan fingerprint density at radius 2 is 1.88 bits per heavy atom. The summed E-state index contributed by atoms with van der Waals surface area (Å²) in [5, 5.41) is -1.21. The van der Waals surface area contributed by atoms with Gasteiger partial charge in [0.25, 0.3) is 6.20 Å². The van der Waals surface area contributed by atoms with Crippen LogP contribution in [0.1, 0.15) is 0 Å². The minimum atomic E-state index is -5.02. The molecule has 1 rings (SSSR count). The van der Waals surface area contributed by atoms with Crippen LogP contribution in [-0.4, -0.2) is 19.3 Å². The summed E-state index contributed by atoms with van der Waals surface area (Å²) >= 11 is 0. The van der Waals surface area contributed by atoms with Crippen molar-refractivity contribution < 1.29 is 40.1 Å². The molecule has 1 N–H and O–H groups in total. The Morgan fingerprint density at radius 1 is 1.31 bits per heavy atom. The largest absolute Gasteiger partial charge is 0.573 e. The fourth-order valence-corrected chi connectivity index (χ4v) is 1.35. The molecule has 0 saturated heterocycles. The molecule has 0 bridgehead atoms. The van der Waals surface area contributed by atoms with Gasteiger partial charge in [0.2, 0.25) is 0 Å². The molecule has 0 aliphatic carbocycles. The zero-order chi connectivity index (χ0) is 12.6. The van der Waals surface area contributed by atoms with E-state index >= 15 is 0 Å². The third kappa shape index (κ3) is 3.31. The van der Waals surface area contributed by atoms with Gasteiger partial charge in [0.05, 0.1) is 4.48 Å². The average molecular weight is 262 g/mol. The van der Waals surface area contributed by atoms with E-state index in [1.807, 2.05) is 0 Å². The van der Waals surface area contributed by atoms with Crippen LogP contribution in [-0.2, 0) is 10.1 Å². The molecule has 10 heteroatoms. The van der Waals surface area contributed by atoms with Crippen LogP contribution in [0.25, 0.3) is 0 Å². The summed E-state index contributed by atoms with van der Waals surface area (Å²) in [6, 6.07) is 0.975. The number of alkyl halides is 3. The highest BCUT2D eigenvalue weighted by atomic mass is 32.2. The number of ether oxygens (including phenoxy) is 1. The molecular formula is C6H4F4NO4S+. The monoisotopic (exact) mass is 262 g/mol. The lowest BCUT2D eigenvalue weighted by atomic mass is 10.5. The first kappa shape index (κ1) is 12.6. The molecule has 16 heavy (non-hydrogen) atoms. The Hall–Kier alpha value is -1.42. The molecular weight excluding hydrogens is 258 g/mol. The van der Waals surface area contributed by atoms with Crippen molar-refractivity contribution in [2.24, 2.45) is 0 Å². The van der Waals surface area contributed by atoms with Gasteiger partial charge >= 0.3 is 21.5 Å². The van der Waals surface area contributed by atoms with Crippen LogP contribution in [0.2, 0.25) is 0 Å². The molecule has 0 atom stereocenters. The number of hydrogen-bond donors (Lipinski definition) is 1. The summed E-state index contributed by atoms with van der Waals surface area (Å²) in [6.07, 6.45) is -4.90. The number of halogens is 4. The first-order valence-corrected chi connectivity index (χ1v) is 4.99. The summed E-state index contributed by atoms with van der Waals surface area (Å²) in [5.74, 6) is -0.956. The topological polar surface area (TPSA) is 67.5 Å². The summed E-state index contributed by atoms with van der Waals surface area (Å²) in [5.41, 5.74) is 0. The van der Waals surface area contributed by atoms with Crippen molar-refractivity contribution >= 4 is 10.1 Å². The molecule has 0 saturated carbocycles. The minimum absolute atomic E-state index is 0.122. The predicted molar refractivity (Wildman–Crippen MR) is 39.6 cm³/mol. The number of rotatable bonds is 2. The molecule has 0 radical (unpaired) electrons. The van der Waals surface area contributed by atoms with E-state index in [0.29, 0.717) is 12.1 Å². The maximum Gasteiger partial charge on any atom is 0.573 e. The molecule has 90 valence electrons. The van der Waals surface area contributed by atoms with Crippen molar-refractivity contribution in [2.75, 3.05) is 0 Å². The van der Waals surface area contributed by atoms with Crippen molar-refractivity contribution in [1.29, 1.82) is 0 Å². The number of hydrogen-bond acceptors (Lipinski definition) is 3. The lowest BCUT2D eigenvalue weighted by molar-refractivity contribution is -0.875. The summed E-state index contributed by atoms with van der Waals surface area (Å²) in [4.78, 5) is -0.698. The van der Waals surface area contributed by atoms with Gasteiger partial charge in [-0.05, 0) is 6.07 Å². The Labute approximate surface area is 86.6 Å². The molecule has 5 nitrogen and oxygen atoms in total. The van der Waals surface area contributed by atoms with Crippen molar-refractivity contribution in [3.05, 3.63) is 18.3 Å². The van der Waals surface area contributed by atoms with Crippen LogP contribution in [0, 0.1) is 0 Å². The molecule has 1 heterocycles. The first-order chi connectivity index (χ1) is 7.09. The second-order valence-corrected chi connectivity index (χ2v) is 3.91. The third-order valence-electron chi connectivity index (χ3n) is 1.34. The molecule has 0 spiro atoms. The highest BCUT2D eigenvalue weighted by Crippen LogP contribution is 2.21. The van der Waals surface area contributed by atoms with E-state index in [1.165, 1.54) is 0 Å². The van der Waals surface area contributed by atoms with Gasteiger partial charge in [-0.2, -0.15) is 8.42 Å². The number of pyridine rings is 1. The molecule has 0 aromatic carbocycles. The van der Waals surface area contributed by atoms with E-state index in [-0.39, 0.29) is 6.20 Å². The van der Waals surface area contributed by atoms with Crippen LogP contribution in [0.3, 0.4) is 0 Å². The van der Waals surface area contributed by atoms with E-state index in [2.05, 4.69) is 4.74 Å². The molecule has 0 amide bonds. The maximum atomic E-state index is 12.9. The molecule has 0 fully saturated rings. The Morgan fingerprint density at radius 3 is 2.25 bits per heavy atom. The zero-order valence-electron chi connectivity index (χ0n) is 7.27. The van der Waals surface area contributed by atoms with Crippen LogP contribution in [0.5, 0.6) is 5.75 Å². The van der Waals surface area contributed by atoms with Gasteiger partial charge in [-0.1, -0.05) is 0 Å². The molecule has 0 aliphatic heterocycles. The van der Waals surface area contributed by atoms with Gasteiger partial charge in [0.1, 0.15) is 0 Å². The summed E-state index contributed by atoms with van der Waals surface area (Å²) < 4.78 is 80.6. The zero-order valence-corrected chi connectivity index (χ0v) is 8.09. The maximum absolute atomic E-state index is 12.9. The Kier molecular flexibility index (Phi) is 3.06. The van der Waals surface area contributed by atoms with E-state index in [4.69, 9.17) is 4.55 Å². The minimum Gasteiger partial charge on any atom is -0.399 e. The third-order valence-corrected chi connectivity index (χ3v) is 2.18. The van der Waals surface area contributed by atoms with Gasteiger partial charge in [-0.15, -0.1) is 13.2 Å². The highest BCUT2D eigenvalue weighted by molar-refractivity contribution is 7.85. The summed E-state index contributed by atoms with van der Waals surface area (Å²) in [6.45, 7) is 0. The van der Waals surface area contributed by atoms with Gasteiger partial charge in [0, 0.05) is 10.9 Å². The molecule has 0 unspecified atom stereocenters. The fourth-order valence-electron chi connectivity index (χ4n) is 0.833. The van der Waals surface area contributed by atoms with Gasteiger partial charge < -0.3 is 4.74 Å². The molecule has 0 aliphatic rings. The lowest BCUT2D eigenvalue weighted by Crippen LogP contribution is -2.31. The van der Waals surface area contributed by atoms with Gasteiger partial charge in [-0.3, -0.25) is 4.55 Å². The molecule has 1 aromatic heterocycles. The van der Waals surface area contributed by atoms with Crippen LogP contribution < -0.4 is 9.53 Å². The van der Waals surface area contributed by atoms with Crippen LogP contribution in [0.15, 0.2) is 23.4 Å². The van der Waals surface area contributed by atoms with E-state index in [1.54, 1.807) is 0 Å². The predicted octanol–water partition coefficient (Wildman–Crippen LogP) is 0.852. The second-order valence-electron chi connectivity index (χ2n) is 2.54. The first-order valence-electron chi connectivity index (χ1n) is 3.55. The normalized spacial score (nSPS) is 12.6. The van der Waals surface area contributed by atoms with Crippen molar-refractivity contribution in [1.82, 2.24) is 0 Å². The van der Waals surface area contributed by atoms with E-state index in [0.717, 1.165) is 0 Å². The quantitative estimate of drug-likeness (QED) is 0.633. The number of aromatic nitrogens is 1. The van der Waals surface area contributed by atoms with Crippen molar-refractivity contribution in [3.8, 4) is 5.75 Å². The lowest BCUT2D eigenvalue weighted by Gasteiger charge is -2.05. The fraction of sp³-hybridized carbons (Fsp3) is 0.167. The van der Waals surface area contributed by atoms with Crippen LogP contribution >= 0.6 is 0 Å². The van der Waals surface area contributed by atoms with E-state index < -0.39 is 32.0 Å². The smallest absolute Gasteiger partial charge is 0.399 e. The van der Waals surface area contributed by atoms with Gasteiger partial charge in [-0.25, -0.2) is 0 Å². The van der Waals surface area contributed by atoms with E-state index in [9.17, 15) is 26.1 Å². The highest BCUT2D eigenvalue weighted by Gasteiger charge is 2.34. The molecule has 1 aromatic rings. The second kappa shape index (κ2) is 3.87. The van der Waals surface area contributed by atoms with Crippen molar-refractivity contribution in [3.63, 3.8) is 0 Å². The Bertz CT molecular complexity index is 498. The van der Waals surface area contributed by atoms with Gasteiger partial charge in [0.15, 0.2) is 5.75 Å². The SMILES string of the molecule is O=S(=O)(O)c1ccc(OC(F)(F)F)c[n+]1F. The number of nitrogens with zero attached hydrogens (tertiary/aromatic N) is 1. The average Bonchev–Trinajstić information content (AvgIpc) is 1.97.